The van der Waals surface area contributed by atoms with E-state index in [9.17, 15) is 14.7 Å². The van der Waals surface area contributed by atoms with Crippen molar-refractivity contribution in [1.82, 2.24) is 19.7 Å². The summed E-state index contributed by atoms with van der Waals surface area (Å²) in [5, 5.41) is 16.7. The highest BCUT2D eigenvalue weighted by Crippen LogP contribution is 2.54. The highest BCUT2D eigenvalue weighted by atomic mass is 16.3. The average Bonchev–Trinajstić information content (AvgIpc) is 3.44. The molecule has 0 aliphatic carbocycles. The summed E-state index contributed by atoms with van der Waals surface area (Å²) < 4.78 is 1.67. The number of hydrogen-bond acceptors (Lipinski definition) is 5. The summed E-state index contributed by atoms with van der Waals surface area (Å²) in [6.07, 6.45) is 5.58. The van der Waals surface area contributed by atoms with Crippen molar-refractivity contribution < 1.29 is 14.7 Å². The van der Waals surface area contributed by atoms with E-state index in [1.807, 2.05) is 37.5 Å². The van der Waals surface area contributed by atoms with Crippen molar-refractivity contribution in [1.29, 1.82) is 0 Å². The molecule has 2 N–H and O–H groups in total. The molecule has 8 nitrogen and oxygen atoms in total. The molecule has 0 saturated carbocycles. The number of anilines is 1. The van der Waals surface area contributed by atoms with Gasteiger partial charge in [-0.3, -0.25) is 19.3 Å². The number of amides is 2. The van der Waals surface area contributed by atoms with Crippen LogP contribution in [-0.4, -0.2) is 43.1 Å². The Morgan fingerprint density at radius 3 is 2.93 bits per heavy atom. The van der Waals surface area contributed by atoms with Gasteiger partial charge in [-0.2, -0.15) is 5.10 Å². The smallest absolute Gasteiger partial charge is 0.273 e. The van der Waals surface area contributed by atoms with Crippen LogP contribution in [0.2, 0.25) is 0 Å². The molecule has 1 fully saturated rings. The molecule has 2 aliphatic rings. The van der Waals surface area contributed by atoms with E-state index in [-0.39, 0.29) is 24.1 Å². The van der Waals surface area contributed by atoms with Crippen LogP contribution in [-0.2, 0) is 23.9 Å². The number of aryl methyl sites for hydroxylation is 1. The Kier molecular flexibility index (Phi) is 4.18. The van der Waals surface area contributed by atoms with Crippen molar-refractivity contribution in [2.24, 2.45) is 7.05 Å². The van der Waals surface area contributed by atoms with Gasteiger partial charge in [0.2, 0.25) is 5.91 Å². The molecule has 0 radical (unpaired) electrons. The SMILES string of the molecule is Cn1cc([C@@H]2N(C(=O)c3cc(CO)ccn3)CC[C@]23C(=O)Nc2ccccc23)cn1. The van der Waals surface area contributed by atoms with E-state index < -0.39 is 11.5 Å². The molecule has 1 aromatic carbocycles. The summed E-state index contributed by atoms with van der Waals surface area (Å²) in [6.45, 7) is 0.236. The Morgan fingerprint density at radius 1 is 1.33 bits per heavy atom. The summed E-state index contributed by atoms with van der Waals surface area (Å²) in [5.41, 5.74) is 2.46. The van der Waals surface area contributed by atoms with E-state index in [0.29, 0.717) is 18.5 Å². The number of likely N-dealkylation sites (tertiary alicyclic amines) is 1. The fourth-order valence-electron chi connectivity index (χ4n) is 4.79. The van der Waals surface area contributed by atoms with E-state index in [0.717, 1.165) is 16.8 Å². The first kappa shape index (κ1) is 18.5. The van der Waals surface area contributed by atoms with Crippen molar-refractivity contribution in [3.63, 3.8) is 0 Å². The van der Waals surface area contributed by atoms with Crippen molar-refractivity contribution in [3.8, 4) is 0 Å². The van der Waals surface area contributed by atoms with Gasteiger partial charge in [0.1, 0.15) is 11.1 Å². The van der Waals surface area contributed by atoms with Crippen molar-refractivity contribution >= 4 is 17.5 Å². The first-order valence-corrected chi connectivity index (χ1v) is 9.81. The minimum atomic E-state index is -0.885. The lowest BCUT2D eigenvalue weighted by molar-refractivity contribution is -0.121. The van der Waals surface area contributed by atoms with Gasteiger partial charge in [-0.05, 0) is 35.7 Å². The van der Waals surface area contributed by atoms with Gasteiger partial charge in [0, 0.05) is 37.2 Å². The zero-order chi connectivity index (χ0) is 20.9. The second-order valence-corrected chi connectivity index (χ2v) is 7.78. The van der Waals surface area contributed by atoms with Crippen LogP contribution in [0.25, 0.3) is 0 Å². The molecule has 5 rings (SSSR count). The minimum absolute atomic E-state index is 0.107. The number of rotatable bonds is 3. The third-order valence-corrected chi connectivity index (χ3v) is 6.11. The number of carbonyl (C=O) groups excluding carboxylic acids is 2. The second-order valence-electron chi connectivity index (χ2n) is 7.78. The maximum absolute atomic E-state index is 13.5. The number of benzene rings is 1. The molecule has 152 valence electrons. The number of fused-ring (bicyclic) bond motifs is 2. The maximum Gasteiger partial charge on any atom is 0.273 e. The van der Waals surface area contributed by atoms with E-state index in [2.05, 4.69) is 15.4 Å². The highest BCUT2D eigenvalue weighted by Gasteiger charge is 2.59. The zero-order valence-electron chi connectivity index (χ0n) is 16.4. The van der Waals surface area contributed by atoms with Crippen LogP contribution in [0.3, 0.4) is 0 Å². The predicted octanol–water partition coefficient (Wildman–Crippen LogP) is 1.78. The van der Waals surface area contributed by atoms with Gasteiger partial charge in [0.05, 0.1) is 18.8 Å². The molecule has 2 amide bonds. The molecule has 2 aliphatic heterocycles. The largest absolute Gasteiger partial charge is 0.392 e. The summed E-state index contributed by atoms with van der Waals surface area (Å²) in [7, 11) is 1.81. The van der Waals surface area contributed by atoms with Crippen molar-refractivity contribution in [3.05, 3.63) is 77.4 Å². The number of nitrogens with zero attached hydrogens (tertiary/aromatic N) is 4. The van der Waals surface area contributed by atoms with Crippen molar-refractivity contribution in [2.45, 2.75) is 24.5 Å². The molecule has 8 heteroatoms. The average molecular weight is 403 g/mol. The lowest BCUT2D eigenvalue weighted by atomic mass is 9.73. The molecule has 4 heterocycles. The topological polar surface area (TPSA) is 100 Å². The molecule has 2 aromatic heterocycles. The Bertz CT molecular complexity index is 1160. The van der Waals surface area contributed by atoms with Crippen LogP contribution >= 0.6 is 0 Å². The Labute approximate surface area is 173 Å². The van der Waals surface area contributed by atoms with Crippen LogP contribution in [0.5, 0.6) is 0 Å². The van der Waals surface area contributed by atoms with E-state index >= 15 is 0 Å². The van der Waals surface area contributed by atoms with E-state index in [1.165, 1.54) is 6.20 Å². The molecule has 0 unspecified atom stereocenters. The minimum Gasteiger partial charge on any atom is -0.392 e. The fraction of sp³-hybridized carbons (Fsp3) is 0.273. The number of pyridine rings is 1. The van der Waals surface area contributed by atoms with Crippen LogP contribution in [0.15, 0.2) is 55.0 Å². The number of hydrogen-bond donors (Lipinski definition) is 2. The van der Waals surface area contributed by atoms with Crippen LogP contribution in [0.1, 0.15) is 39.6 Å². The predicted molar refractivity (Wildman–Crippen MR) is 109 cm³/mol. The van der Waals surface area contributed by atoms with Crippen LogP contribution in [0.4, 0.5) is 5.69 Å². The van der Waals surface area contributed by atoms with Gasteiger partial charge >= 0.3 is 0 Å². The number of aromatic nitrogens is 3. The number of nitrogens with one attached hydrogen (secondary N) is 1. The Balaban J connectivity index is 1.64. The molecular weight excluding hydrogens is 382 g/mol. The van der Waals surface area contributed by atoms with Gasteiger partial charge in [-0.15, -0.1) is 0 Å². The molecule has 1 saturated heterocycles. The third kappa shape index (κ3) is 2.57. The van der Waals surface area contributed by atoms with Gasteiger partial charge in [0.15, 0.2) is 0 Å². The van der Waals surface area contributed by atoms with Crippen LogP contribution in [0, 0.1) is 0 Å². The zero-order valence-corrected chi connectivity index (χ0v) is 16.4. The quantitative estimate of drug-likeness (QED) is 0.694. The van der Waals surface area contributed by atoms with E-state index in [1.54, 1.807) is 27.9 Å². The fourth-order valence-corrected chi connectivity index (χ4v) is 4.79. The molecule has 2 atom stereocenters. The number of carbonyl (C=O) groups is 2. The molecule has 3 aromatic rings. The second kappa shape index (κ2) is 6.77. The van der Waals surface area contributed by atoms with Crippen molar-refractivity contribution in [2.75, 3.05) is 11.9 Å². The number of aliphatic hydroxyl groups excluding tert-OH is 1. The van der Waals surface area contributed by atoms with E-state index in [4.69, 9.17) is 0 Å². The highest BCUT2D eigenvalue weighted by molar-refractivity contribution is 6.08. The summed E-state index contributed by atoms with van der Waals surface area (Å²) in [5.74, 6) is -0.377. The lowest BCUT2D eigenvalue weighted by Gasteiger charge is -2.33. The van der Waals surface area contributed by atoms with Gasteiger partial charge < -0.3 is 15.3 Å². The van der Waals surface area contributed by atoms with Gasteiger partial charge in [-0.1, -0.05) is 18.2 Å². The number of aliphatic hydroxyl groups is 1. The first-order valence-electron chi connectivity index (χ1n) is 9.81. The molecule has 0 bridgehead atoms. The number of para-hydroxylation sites is 1. The summed E-state index contributed by atoms with van der Waals surface area (Å²) in [4.78, 5) is 32.7. The molecule has 1 spiro atoms. The molecular formula is C22H21N5O3. The van der Waals surface area contributed by atoms with Crippen LogP contribution < -0.4 is 5.32 Å². The van der Waals surface area contributed by atoms with Gasteiger partial charge in [0.25, 0.3) is 5.91 Å². The summed E-state index contributed by atoms with van der Waals surface area (Å²) >= 11 is 0. The standard InChI is InChI=1S/C22H21N5O3/c1-26-12-15(11-24-26)19-22(16-4-2-3-5-17(16)25-21(22)30)7-9-27(19)20(29)18-10-14(13-28)6-8-23-18/h2-6,8,10-12,19,28H,7,9,13H2,1H3,(H,25,30)/t19-,22+/m0/s1. The Hall–Kier alpha value is -3.52. The Morgan fingerprint density at radius 2 is 2.17 bits per heavy atom. The monoisotopic (exact) mass is 403 g/mol. The molecule has 30 heavy (non-hydrogen) atoms. The maximum atomic E-state index is 13.5. The normalized spacial score (nSPS) is 22.4. The first-order chi connectivity index (χ1) is 14.5. The van der Waals surface area contributed by atoms with Gasteiger partial charge in [-0.25, -0.2) is 0 Å². The lowest BCUT2D eigenvalue weighted by Crippen LogP contribution is -2.42. The summed E-state index contributed by atoms with van der Waals surface area (Å²) in [6, 6.07) is 10.4. The third-order valence-electron chi connectivity index (χ3n) is 6.11.